The molecule has 17 heteroatoms. The lowest BCUT2D eigenvalue weighted by Crippen LogP contribution is -2.44. The lowest BCUT2D eigenvalue weighted by molar-refractivity contribution is -0.166. The minimum atomic E-state index is -0.989. The molecule has 0 aromatic rings. The van der Waals surface area contributed by atoms with E-state index in [1.165, 1.54) is 25.0 Å². The van der Waals surface area contributed by atoms with Crippen molar-refractivity contribution in [1.82, 2.24) is 14.7 Å². The van der Waals surface area contributed by atoms with Gasteiger partial charge in [-0.25, -0.2) is 4.79 Å². The van der Waals surface area contributed by atoms with Crippen LogP contribution in [0.1, 0.15) is 121 Å². The molecule has 1 aliphatic rings. The van der Waals surface area contributed by atoms with Gasteiger partial charge in [0.1, 0.15) is 36.5 Å². The molecule has 1 aliphatic heterocycles. The number of esters is 4. The monoisotopic (exact) mass is 1090 g/mol. The van der Waals surface area contributed by atoms with Crippen molar-refractivity contribution in [3.05, 3.63) is 60.4 Å². The number of aliphatic hydroxyl groups excluding tert-OH is 2. The van der Waals surface area contributed by atoms with Crippen molar-refractivity contribution in [3.63, 3.8) is 0 Å². The van der Waals surface area contributed by atoms with Gasteiger partial charge in [0, 0.05) is 83.6 Å². The fourth-order valence-electron chi connectivity index (χ4n) is 9.71. The van der Waals surface area contributed by atoms with Gasteiger partial charge in [-0.05, 0) is 104 Å². The van der Waals surface area contributed by atoms with Gasteiger partial charge in [0.2, 0.25) is 6.41 Å². The smallest absolute Gasteiger partial charge is 0.331 e. The van der Waals surface area contributed by atoms with Gasteiger partial charge in [-0.1, -0.05) is 97.9 Å². The second-order valence-electron chi connectivity index (χ2n) is 22.4. The van der Waals surface area contributed by atoms with E-state index in [1.807, 2.05) is 60.6 Å². The fourth-order valence-corrected chi connectivity index (χ4v) is 9.71. The van der Waals surface area contributed by atoms with E-state index in [1.54, 1.807) is 96.7 Å². The van der Waals surface area contributed by atoms with E-state index in [-0.39, 0.29) is 54.8 Å². The van der Waals surface area contributed by atoms with Crippen molar-refractivity contribution in [2.45, 2.75) is 182 Å². The molecule has 1 rings (SSSR count). The molecule has 442 valence electrons. The second kappa shape index (κ2) is 36.8. The molecular formula is C60H103N3O14. The van der Waals surface area contributed by atoms with Crippen LogP contribution in [0.5, 0.6) is 0 Å². The Balaban J connectivity index is 3.77. The number of nitrogens with zero attached hydrogens (tertiary/aromatic N) is 3. The summed E-state index contributed by atoms with van der Waals surface area (Å²) in [5.41, 5.74) is 1.10. The first-order valence-corrected chi connectivity index (χ1v) is 27.7. The van der Waals surface area contributed by atoms with Gasteiger partial charge in [0.15, 0.2) is 0 Å². The van der Waals surface area contributed by atoms with Crippen molar-refractivity contribution in [2.24, 2.45) is 47.3 Å². The largest absolute Gasteiger partial charge is 0.462 e. The SMILES string of the molecule is COCC(C(=O)O[C@@H]1C/C=C/C=C/C(=O)O[C@H]([C@@H](C)C(O)[C@@H](C)CC[C@@H](OC(=O)C(C)N(C)C)[C@H](C)[C@H](OC(C)=O)[C@H](C)/C=C/N(C)C=O)[C@@H](C)/C=C/[C@H](OC)C[C@H](C)C/C=C(\C)[C@@H](OC)CC[C@@H](C)[C@@H](O)[C@@H]1C)N(C)C. The number of hydrogen-bond donors (Lipinski definition) is 2. The summed E-state index contributed by atoms with van der Waals surface area (Å²) in [5, 5.41) is 23.9. The van der Waals surface area contributed by atoms with Crippen LogP contribution < -0.4 is 0 Å². The molecule has 77 heavy (non-hydrogen) atoms. The number of ether oxygens (including phenoxy) is 7. The van der Waals surface area contributed by atoms with E-state index >= 15 is 0 Å². The minimum absolute atomic E-state index is 0.127. The van der Waals surface area contributed by atoms with Crippen LogP contribution in [-0.2, 0) is 57.1 Å². The van der Waals surface area contributed by atoms with Gasteiger partial charge in [0.05, 0.1) is 31.0 Å². The van der Waals surface area contributed by atoms with Crippen LogP contribution in [0.25, 0.3) is 0 Å². The first-order chi connectivity index (χ1) is 36.1. The Morgan fingerprint density at radius 2 is 1.53 bits per heavy atom. The molecule has 0 radical (unpaired) electrons. The van der Waals surface area contributed by atoms with E-state index in [4.69, 9.17) is 33.2 Å². The lowest BCUT2D eigenvalue weighted by atomic mass is 9.80. The third-order valence-corrected chi connectivity index (χ3v) is 15.5. The number of carbonyl (C=O) groups excluding carboxylic acids is 5. The Morgan fingerprint density at radius 3 is 2.10 bits per heavy atom. The van der Waals surface area contributed by atoms with Crippen LogP contribution >= 0.6 is 0 Å². The maximum Gasteiger partial charge on any atom is 0.331 e. The quantitative estimate of drug-likeness (QED) is 0.0431. The van der Waals surface area contributed by atoms with Gasteiger partial charge >= 0.3 is 23.9 Å². The molecule has 3 unspecified atom stereocenters. The van der Waals surface area contributed by atoms with Gasteiger partial charge in [-0.15, -0.1) is 0 Å². The molecule has 0 aromatic heterocycles. The Labute approximate surface area is 463 Å². The van der Waals surface area contributed by atoms with Crippen LogP contribution in [-0.4, -0.2) is 179 Å². The van der Waals surface area contributed by atoms with Crippen LogP contribution in [0.15, 0.2) is 60.4 Å². The van der Waals surface area contributed by atoms with Crippen molar-refractivity contribution >= 4 is 30.3 Å². The molecule has 0 fully saturated rings. The van der Waals surface area contributed by atoms with Crippen molar-refractivity contribution in [2.75, 3.05) is 63.2 Å². The lowest BCUT2D eigenvalue weighted by Gasteiger charge is -2.36. The highest BCUT2D eigenvalue weighted by Crippen LogP contribution is 2.33. The number of likely N-dealkylation sites (N-methyl/N-ethyl adjacent to an activating group) is 2. The molecule has 1 heterocycles. The number of aliphatic hydroxyl groups is 2. The van der Waals surface area contributed by atoms with Crippen molar-refractivity contribution in [1.29, 1.82) is 0 Å². The maximum absolute atomic E-state index is 13.8. The molecule has 0 saturated carbocycles. The number of allylic oxidation sites excluding steroid dienone is 3. The van der Waals surface area contributed by atoms with Gasteiger partial charge in [-0.3, -0.25) is 29.0 Å². The van der Waals surface area contributed by atoms with E-state index < -0.39 is 90.3 Å². The highest BCUT2D eigenvalue weighted by atomic mass is 16.6. The topological polar surface area (TPSA) is 200 Å². The van der Waals surface area contributed by atoms with Crippen LogP contribution in [0, 0.1) is 47.3 Å². The Kier molecular flexibility index (Phi) is 33.9. The third-order valence-electron chi connectivity index (χ3n) is 15.5. The van der Waals surface area contributed by atoms with E-state index in [2.05, 4.69) is 19.9 Å². The number of methoxy groups -OCH3 is 3. The highest BCUT2D eigenvalue weighted by Gasteiger charge is 2.38. The summed E-state index contributed by atoms with van der Waals surface area (Å²) in [6.07, 6.45) is 15.2. The first kappa shape index (κ1) is 70.8. The van der Waals surface area contributed by atoms with Gasteiger partial charge < -0.3 is 48.3 Å². The number of cyclic esters (lactones) is 1. The second-order valence-corrected chi connectivity index (χ2v) is 22.4. The summed E-state index contributed by atoms with van der Waals surface area (Å²) in [6, 6.07) is -1.23. The summed E-state index contributed by atoms with van der Waals surface area (Å²) in [7, 11) is 13.6. The summed E-state index contributed by atoms with van der Waals surface area (Å²) < 4.78 is 41.7. The summed E-state index contributed by atoms with van der Waals surface area (Å²) in [6.45, 7) is 20.7. The minimum Gasteiger partial charge on any atom is -0.462 e. The molecule has 2 N–H and O–H groups in total. The fraction of sp³-hybridized carbons (Fsp3) is 0.750. The molecular weight excluding hydrogens is 987 g/mol. The summed E-state index contributed by atoms with van der Waals surface area (Å²) >= 11 is 0. The van der Waals surface area contributed by atoms with E-state index in [0.717, 1.165) is 12.0 Å². The third kappa shape index (κ3) is 25.2. The van der Waals surface area contributed by atoms with Crippen LogP contribution in [0.4, 0.5) is 0 Å². The highest BCUT2D eigenvalue weighted by molar-refractivity contribution is 5.82. The Hall–Kier alpha value is -4.23. The molecule has 1 amide bonds. The molecule has 18 atom stereocenters. The average molecular weight is 1090 g/mol. The standard InChI is InChI=1S/C60H103N3O14/c1-38-25-26-39(2)51(73-19)31-28-40(3)55(67)44(7)52(76-60(70)50(36-71-17)62(14)15)23-21-20-22-24-54(66)77-58(42(5)27-30-49(35-38)72-18)46(9)56(68)41(4)29-32-53(75-59(69)47(10)61(12)13)45(8)57(74-48(11)65)43(6)33-34-63(16)37-64/h20-22,24,26-27,30,33-34,37-38,40-47,49-53,55-58,67-68H,23,25,28-29,31-32,35-36H2,1-19H3/b21-20+,24-22+,30-27+,34-33+,39-26+/t38-,40-,41+,42+,43-,44-,45+,46+,47?,49+,50?,51+,52-,53-,55-,56?,57-,58+/m1/s1. The molecule has 0 aliphatic carbocycles. The molecule has 0 saturated heterocycles. The van der Waals surface area contributed by atoms with Crippen LogP contribution in [0.2, 0.25) is 0 Å². The van der Waals surface area contributed by atoms with Gasteiger partial charge in [0.25, 0.3) is 0 Å². The first-order valence-electron chi connectivity index (χ1n) is 27.7. The predicted molar refractivity (Wildman–Crippen MR) is 301 cm³/mol. The molecule has 0 bridgehead atoms. The predicted octanol–water partition coefficient (Wildman–Crippen LogP) is 7.98. The van der Waals surface area contributed by atoms with Crippen molar-refractivity contribution in [3.8, 4) is 0 Å². The van der Waals surface area contributed by atoms with E-state index in [0.29, 0.717) is 38.5 Å². The number of amides is 1. The Bertz CT molecular complexity index is 1900. The maximum atomic E-state index is 13.8. The van der Waals surface area contributed by atoms with Crippen molar-refractivity contribution < 1.29 is 67.3 Å². The average Bonchev–Trinajstić information content (AvgIpc) is 3.39. The summed E-state index contributed by atoms with van der Waals surface area (Å²) in [5.74, 6) is -4.65. The Morgan fingerprint density at radius 1 is 0.870 bits per heavy atom. The number of hydrogen-bond acceptors (Lipinski definition) is 16. The van der Waals surface area contributed by atoms with Gasteiger partial charge in [-0.2, -0.15) is 0 Å². The zero-order valence-electron chi connectivity index (χ0n) is 50.5. The zero-order chi connectivity index (χ0) is 58.7. The summed E-state index contributed by atoms with van der Waals surface area (Å²) in [4.78, 5) is 69.5. The number of carbonyl (C=O) groups is 5. The molecule has 17 nitrogen and oxygen atoms in total. The number of rotatable bonds is 23. The zero-order valence-corrected chi connectivity index (χ0v) is 50.5. The van der Waals surface area contributed by atoms with Crippen LogP contribution in [0.3, 0.4) is 0 Å². The molecule has 0 aromatic carbocycles. The normalized spacial score (nSPS) is 29.4. The van der Waals surface area contributed by atoms with E-state index in [9.17, 15) is 34.2 Å². The molecule has 0 spiro atoms.